The lowest BCUT2D eigenvalue weighted by Gasteiger charge is -1.81. The Hall–Kier alpha value is -0.720. The van der Waals surface area contributed by atoms with E-state index in [1.54, 1.807) is 6.08 Å². The number of nitrogens with zero attached hydrogens (tertiary/aromatic N) is 1. The van der Waals surface area contributed by atoms with E-state index >= 15 is 0 Å². The maximum Gasteiger partial charge on any atom is 0.0691 e. The molecule has 42 valence electrons. The Bertz CT molecular complexity index is 152. The van der Waals surface area contributed by atoms with E-state index in [4.69, 9.17) is 0 Å². The third-order valence-corrected chi connectivity index (χ3v) is 0.771. The van der Waals surface area contributed by atoms with Crippen LogP contribution in [0.15, 0.2) is 29.4 Å². The molecule has 0 bridgehead atoms. The van der Waals surface area contributed by atoms with Crippen LogP contribution in [0.2, 0.25) is 0 Å². The smallest absolute Gasteiger partial charge is 0.0691 e. The van der Waals surface area contributed by atoms with E-state index in [0.717, 1.165) is 5.70 Å². The molecule has 2 heteroatoms. The first-order valence-electron chi connectivity index (χ1n) is 2.21. The third-order valence-electron chi connectivity index (χ3n) is 0.680. The second-order valence-electron chi connectivity index (χ2n) is 1.12. The molecule has 0 spiro atoms. The Morgan fingerprint density at radius 2 is 2.50 bits per heavy atom. The number of aliphatic imine (C=N–C) groups is 1. The van der Waals surface area contributed by atoms with Crippen LogP contribution in [-0.2, 0) is 0 Å². The van der Waals surface area contributed by atoms with E-state index < -0.39 is 0 Å². The normalized spacial score (nSPS) is 9.88. The van der Waals surface area contributed by atoms with Crippen LogP contribution in [0.4, 0.5) is 0 Å². The van der Waals surface area contributed by atoms with Crippen LogP contribution in [0.25, 0.3) is 0 Å². The molecule has 0 aliphatic rings. The number of thiocarbonyl (C=S) groups is 1. The second-order valence-corrected chi connectivity index (χ2v) is 1.30. The minimum absolute atomic E-state index is 0.764. The first-order chi connectivity index (χ1) is 3.85. The molecule has 0 radical (unpaired) electrons. The molecule has 0 heterocycles. The highest BCUT2D eigenvalue weighted by Crippen LogP contribution is 1.93. The van der Waals surface area contributed by atoms with Gasteiger partial charge < -0.3 is 0 Å². The fourth-order valence-corrected chi connectivity index (χ4v) is 0.386. The number of hydrogen-bond acceptors (Lipinski definition) is 2. The average molecular weight is 125 g/mol. The zero-order chi connectivity index (χ0) is 6.41. The van der Waals surface area contributed by atoms with Crippen LogP contribution in [0.5, 0.6) is 0 Å². The van der Waals surface area contributed by atoms with Gasteiger partial charge in [-0.3, -0.25) is 0 Å². The molecule has 0 saturated carbocycles. The average Bonchev–Trinajstić information content (AvgIpc) is 1.83. The summed E-state index contributed by atoms with van der Waals surface area (Å²) in [5, 5.41) is 2.24. The van der Waals surface area contributed by atoms with Crippen molar-refractivity contribution in [2.45, 2.75) is 6.92 Å². The van der Waals surface area contributed by atoms with Gasteiger partial charge in [-0.05, 0) is 25.2 Å². The van der Waals surface area contributed by atoms with E-state index in [1.807, 2.05) is 13.0 Å². The van der Waals surface area contributed by atoms with E-state index in [0.29, 0.717) is 0 Å². The standard InChI is InChI=1S/C6H7NS/c1-3-6(4-2)7-5-8/h3-4H,1H2,2H3/b6-4+. The fourth-order valence-electron chi connectivity index (χ4n) is 0.281. The van der Waals surface area contributed by atoms with Gasteiger partial charge in [-0.2, -0.15) is 4.99 Å². The van der Waals surface area contributed by atoms with Gasteiger partial charge in [-0.15, -0.1) is 0 Å². The van der Waals surface area contributed by atoms with Crippen LogP contribution >= 0.6 is 12.2 Å². The van der Waals surface area contributed by atoms with Crippen LogP contribution in [0.3, 0.4) is 0 Å². The molecule has 0 unspecified atom stereocenters. The Kier molecular flexibility index (Phi) is 4.04. The molecule has 0 amide bonds. The van der Waals surface area contributed by atoms with Crippen molar-refractivity contribution in [3.63, 3.8) is 0 Å². The number of hydrogen-bond donors (Lipinski definition) is 0. The van der Waals surface area contributed by atoms with Gasteiger partial charge in [-0.1, -0.05) is 12.7 Å². The Morgan fingerprint density at radius 3 is 2.62 bits per heavy atom. The van der Waals surface area contributed by atoms with Gasteiger partial charge in [-0.25, -0.2) is 0 Å². The summed E-state index contributed by atoms with van der Waals surface area (Å²) in [6.07, 6.45) is 3.44. The van der Waals surface area contributed by atoms with Gasteiger partial charge in [0.25, 0.3) is 0 Å². The second kappa shape index (κ2) is 4.44. The lowest BCUT2D eigenvalue weighted by molar-refractivity contribution is 1.41. The molecule has 1 nitrogen and oxygen atoms in total. The molecular weight excluding hydrogens is 118 g/mol. The van der Waals surface area contributed by atoms with Crippen molar-refractivity contribution in [1.82, 2.24) is 0 Å². The summed E-state index contributed by atoms with van der Waals surface area (Å²) in [7, 11) is 0. The van der Waals surface area contributed by atoms with Gasteiger partial charge >= 0.3 is 0 Å². The zero-order valence-electron chi connectivity index (χ0n) is 4.72. The van der Waals surface area contributed by atoms with Crippen LogP contribution in [0, 0.1) is 0 Å². The third kappa shape index (κ3) is 2.45. The van der Waals surface area contributed by atoms with Crippen molar-refractivity contribution in [2.75, 3.05) is 0 Å². The summed E-state index contributed by atoms with van der Waals surface area (Å²) >= 11 is 4.36. The first kappa shape index (κ1) is 7.28. The molecule has 0 aliphatic heterocycles. The molecule has 0 atom stereocenters. The summed E-state index contributed by atoms with van der Waals surface area (Å²) in [6, 6.07) is 0. The SMILES string of the molecule is C=C/C(=C\C)N=C=S. The largest absolute Gasteiger partial charge is 0.195 e. The topological polar surface area (TPSA) is 12.4 Å². The molecule has 0 rings (SSSR count). The minimum atomic E-state index is 0.764. The summed E-state index contributed by atoms with van der Waals surface area (Å²) in [4.78, 5) is 3.67. The molecule has 0 N–H and O–H groups in total. The molecule has 8 heavy (non-hydrogen) atoms. The molecule has 0 aromatic rings. The van der Waals surface area contributed by atoms with Crippen LogP contribution in [0.1, 0.15) is 6.92 Å². The fraction of sp³-hybridized carbons (Fsp3) is 0.167. The van der Waals surface area contributed by atoms with Crippen LogP contribution in [-0.4, -0.2) is 5.16 Å². The molecule has 0 aliphatic carbocycles. The van der Waals surface area contributed by atoms with Crippen molar-refractivity contribution in [3.8, 4) is 0 Å². The first-order valence-corrected chi connectivity index (χ1v) is 2.62. The zero-order valence-corrected chi connectivity index (χ0v) is 5.53. The van der Waals surface area contributed by atoms with E-state index in [1.165, 1.54) is 0 Å². The molecule has 0 aromatic carbocycles. The van der Waals surface area contributed by atoms with E-state index in [9.17, 15) is 0 Å². The number of rotatable bonds is 2. The van der Waals surface area contributed by atoms with Crippen molar-refractivity contribution >= 4 is 17.4 Å². The van der Waals surface area contributed by atoms with Crippen LogP contribution < -0.4 is 0 Å². The lowest BCUT2D eigenvalue weighted by atomic mass is 10.4. The molecular formula is C6H7NS. The van der Waals surface area contributed by atoms with Crippen molar-refractivity contribution < 1.29 is 0 Å². The lowest BCUT2D eigenvalue weighted by Crippen LogP contribution is -1.64. The predicted octanol–water partition coefficient (Wildman–Crippen LogP) is 2.18. The Labute approximate surface area is 54.4 Å². The molecule has 0 aromatic heterocycles. The summed E-state index contributed by atoms with van der Waals surface area (Å²) in [5.41, 5.74) is 0.764. The predicted molar refractivity (Wildman–Crippen MR) is 39.0 cm³/mol. The Balaban J connectivity index is 4.12. The van der Waals surface area contributed by atoms with E-state index in [-0.39, 0.29) is 0 Å². The van der Waals surface area contributed by atoms with Crippen molar-refractivity contribution in [1.29, 1.82) is 0 Å². The highest BCUT2D eigenvalue weighted by atomic mass is 32.1. The quantitative estimate of drug-likeness (QED) is 0.313. The summed E-state index contributed by atoms with van der Waals surface area (Å²) in [5.74, 6) is 0. The van der Waals surface area contributed by atoms with Gasteiger partial charge in [0.1, 0.15) is 0 Å². The van der Waals surface area contributed by atoms with Crippen molar-refractivity contribution in [3.05, 3.63) is 24.4 Å². The van der Waals surface area contributed by atoms with Crippen molar-refractivity contribution in [2.24, 2.45) is 4.99 Å². The molecule has 0 fully saturated rings. The highest BCUT2D eigenvalue weighted by Gasteiger charge is 1.75. The molecule has 0 saturated heterocycles. The van der Waals surface area contributed by atoms with Gasteiger partial charge in [0.05, 0.1) is 10.9 Å². The summed E-state index contributed by atoms with van der Waals surface area (Å²) in [6.45, 7) is 5.37. The van der Waals surface area contributed by atoms with Gasteiger partial charge in [0.2, 0.25) is 0 Å². The number of allylic oxidation sites excluding steroid dienone is 2. The highest BCUT2D eigenvalue weighted by molar-refractivity contribution is 7.78. The summed E-state index contributed by atoms with van der Waals surface area (Å²) < 4.78 is 0. The monoisotopic (exact) mass is 125 g/mol. The maximum atomic E-state index is 4.36. The Morgan fingerprint density at radius 1 is 1.88 bits per heavy atom. The minimum Gasteiger partial charge on any atom is -0.195 e. The number of isothiocyanates is 1. The van der Waals surface area contributed by atoms with E-state index in [2.05, 4.69) is 29.0 Å². The van der Waals surface area contributed by atoms with Gasteiger partial charge in [0, 0.05) is 0 Å². The maximum absolute atomic E-state index is 4.36. The van der Waals surface area contributed by atoms with Gasteiger partial charge in [0.15, 0.2) is 0 Å².